The molecule has 0 atom stereocenters. The minimum atomic E-state index is -0.480. The van der Waals surface area contributed by atoms with E-state index >= 15 is 0 Å². The largest absolute Gasteiger partial charge is 0.486 e. The quantitative estimate of drug-likeness (QED) is 0.271. The highest BCUT2D eigenvalue weighted by Crippen LogP contribution is 2.27. The molecule has 7 nitrogen and oxygen atoms in total. The molecule has 0 saturated heterocycles. The second-order valence-electron chi connectivity index (χ2n) is 5.27. The van der Waals surface area contributed by atoms with Gasteiger partial charge in [0.1, 0.15) is 5.82 Å². The Hall–Kier alpha value is -2.94. The zero-order chi connectivity index (χ0) is 18.5. The number of aromatic nitrogens is 3. The van der Waals surface area contributed by atoms with Crippen molar-refractivity contribution in [1.82, 2.24) is 14.8 Å². The summed E-state index contributed by atoms with van der Waals surface area (Å²) in [4.78, 5) is 10.5. The minimum Gasteiger partial charge on any atom is -0.486 e. The summed E-state index contributed by atoms with van der Waals surface area (Å²) in [6.45, 7) is 0.261. The molecule has 0 N–H and O–H groups in total. The summed E-state index contributed by atoms with van der Waals surface area (Å²) in [6, 6.07) is 12.6. The average Bonchev–Trinajstić information content (AvgIpc) is 3.00. The third-order valence-corrected chi connectivity index (χ3v) is 4.57. The molecule has 0 aliphatic heterocycles. The number of benzene rings is 2. The predicted molar refractivity (Wildman–Crippen MR) is 95.7 cm³/mol. The van der Waals surface area contributed by atoms with Crippen LogP contribution in [0.2, 0.25) is 0 Å². The summed E-state index contributed by atoms with van der Waals surface area (Å²) in [5.74, 6) is 0.808. The molecule has 0 spiro atoms. The Morgan fingerprint density at radius 3 is 2.69 bits per heavy atom. The number of hydrogen-bond acceptors (Lipinski definition) is 6. The van der Waals surface area contributed by atoms with Crippen molar-refractivity contribution in [3.05, 3.63) is 64.5 Å². The van der Waals surface area contributed by atoms with Crippen LogP contribution in [-0.4, -0.2) is 32.0 Å². The van der Waals surface area contributed by atoms with Crippen molar-refractivity contribution in [2.45, 2.75) is 5.16 Å². The SMILES string of the molecule is Cn1c(SCCOc2ccccc2[N+](=O)[O-])nnc1-c1ccccc1F. The van der Waals surface area contributed by atoms with Crippen LogP contribution in [0, 0.1) is 15.9 Å². The maximum atomic E-state index is 13.9. The fraction of sp³-hybridized carbons (Fsp3) is 0.176. The van der Waals surface area contributed by atoms with E-state index < -0.39 is 4.92 Å². The van der Waals surface area contributed by atoms with Crippen LogP contribution in [0.4, 0.5) is 10.1 Å². The van der Waals surface area contributed by atoms with Gasteiger partial charge in [0.05, 0.1) is 17.1 Å². The van der Waals surface area contributed by atoms with Gasteiger partial charge < -0.3 is 9.30 Å². The Morgan fingerprint density at radius 2 is 1.92 bits per heavy atom. The molecular formula is C17H15FN4O3S. The second-order valence-corrected chi connectivity index (χ2v) is 6.33. The van der Waals surface area contributed by atoms with Crippen molar-refractivity contribution in [3.63, 3.8) is 0 Å². The molecule has 0 amide bonds. The van der Waals surface area contributed by atoms with Gasteiger partial charge in [-0.15, -0.1) is 10.2 Å². The molecule has 3 rings (SSSR count). The first-order valence-corrected chi connectivity index (χ1v) is 8.70. The number of nitrogens with zero attached hydrogens (tertiary/aromatic N) is 4. The van der Waals surface area contributed by atoms with E-state index in [0.717, 1.165) is 0 Å². The fourth-order valence-electron chi connectivity index (χ4n) is 2.33. The monoisotopic (exact) mass is 374 g/mol. The normalized spacial score (nSPS) is 10.7. The fourth-order valence-corrected chi connectivity index (χ4v) is 3.06. The van der Waals surface area contributed by atoms with Crippen LogP contribution in [0.3, 0.4) is 0 Å². The summed E-state index contributed by atoms with van der Waals surface area (Å²) >= 11 is 1.37. The lowest BCUT2D eigenvalue weighted by Crippen LogP contribution is -2.04. The van der Waals surface area contributed by atoms with Crippen LogP contribution < -0.4 is 4.74 Å². The van der Waals surface area contributed by atoms with Gasteiger partial charge in [0.15, 0.2) is 16.7 Å². The zero-order valence-corrected chi connectivity index (χ0v) is 14.6. The maximum Gasteiger partial charge on any atom is 0.310 e. The summed E-state index contributed by atoms with van der Waals surface area (Å²) in [5, 5.41) is 19.7. The van der Waals surface area contributed by atoms with Crippen molar-refractivity contribution < 1.29 is 14.1 Å². The molecule has 0 aliphatic rings. The molecule has 1 heterocycles. The van der Waals surface area contributed by atoms with E-state index in [1.165, 1.54) is 23.9 Å². The Bertz CT molecular complexity index is 932. The van der Waals surface area contributed by atoms with Crippen LogP contribution in [0.5, 0.6) is 5.75 Å². The summed E-state index contributed by atoms with van der Waals surface area (Å²) in [7, 11) is 1.76. The standard InChI is InChI=1S/C17H15FN4O3S/c1-21-16(12-6-2-3-7-13(12)18)19-20-17(21)26-11-10-25-15-9-5-4-8-14(15)22(23)24/h2-9H,10-11H2,1H3. The second kappa shape index (κ2) is 7.96. The third-order valence-electron chi connectivity index (χ3n) is 3.58. The van der Waals surface area contributed by atoms with Gasteiger partial charge >= 0.3 is 5.69 Å². The molecule has 0 fully saturated rings. The van der Waals surface area contributed by atoms with Gasteiger partial charge in [0.25, 0.3) is 0 Å². The number of ether oxygens (including phenoxy) is 1. The number of nitro benzene ring substituents is 1. The maximum absolute atomic E-state index is 13.9. The molecule has 0 saturated carbocycles. The van der Waals surface area contributed by atoms with E-state index in [1.54, 1.807) is 48.0 Å². The highest BCUT2D eigenvalue weighted by Gasteiger charge is 2.15. The van der Waals surface area contributed by atoms with Crippen LogP contribution in [-0.2, 0) is 7.05 Å². The van der Waals surface area contributed by atoms with Crippen LogP contribution in [0.1, 0.15) is 0 Å². The smallest absolute Gasteiger partial charge is 0.310 e. The molecule has 26 heavy (non-hydrogen) atoms. The molecular weight excluding hydrogens is 359 g/mol. The molecule has 9 heteroatoms. The van der Waals surface area contributed by atoms with Crippen molar-refractivity contribution in [3.8, 4) is 17.1 Å². The molecule has 0 unspecified atom stereocenters. The molecule has 0 aliphatic carbocycles. The average molecular weight is 374 g/mol. The molecule has 2 aromatic carbocycles. The number of para-hydroxylation sites is 2. The third kappa shape index (κ3) is 3.83. The Kier molecular flexibility index (Phi) is 5.47. The van der Waals surface area contributed by atoms with E-state index in [2.05, 4.69) is 10.2 Å². The van der Waals surface area contributed by atoms with Gasteiger partial charge in [-0.1, -0.05) is 36.0 Å². The van der Waals surface area contributed by atoms with E-state index in [4.69, 9.17) is 4.74 Å². The van der Waals surface area contributed by atoms with Crippen molar-refractivity contribution in [1.29, 1.82) is 0 Å². The van der Waals surface area contributed by atoms with E-state index in [1.807, 2.05) is 0 Å². The van der Waals surface area contributed by atoms with Gasteiger partial charge in [-0.25, -0.2) is 4.39 Å². The number of rotatable bonds is 7. The zero-order valence-electron chi connectivity index (χ0n) is 13.8. The first-order chi connectivity index (χ1) is 12.6. The predicted octanol–water partition coefficient (Wildman–Crippen LogP) is 3.70. The van der Waals surface area contributed by atoms with Gasteiger partial charge in [-0.3, -0.25) is 10.1 Å². The molecule has 1 aromatic heterocycles. The highest BCUT2D eigenvalue weighted by atomic mass is 32.2. The van der Waals surface area contributed by atoms with Gasteiger partial charge in [0, 0.05) is 18.9 Å². The first kappa shape index (κ1) is 17.9. The van der Waals surface area contributed by atoms with Crippen molar-refractivity contribution in [2.75, 3.05) is 12.4 Å². The van der Waals surface area contributed by atoms with E-state index in [-0.39, 0.29) is 23.9 Å². The number of nitro groups is 1. The molecule has 3 aromatic rings. The lowest BCUT2D eigenvalue weighted by Gasteiger charge is -2.07. The Labute approximate surface area is 153 Å². The number of thioether (sulfide) groups is 1. The molecule has 0 radical (unpaired) electrons. The van der Waals surface area contributed by atoms with Crippen molar-refractivity contribution >= 4 is 17.4 Å². The lowest BCUT2D eigenvalue weighted by atomic mass is 10.2. The van der Waals surface area contributed by atoms with Gasteiger partial charge in [-0.05, 0) is 18.2 Å². The van der Waals surface area contributed by atoms with Crippen LogP contribution in [0.15, 0.2) is 53.7 Å². The van der Waals surface area contributed by atoms with E-state index in [9.17, 15) is 14.5 Å². The van der Waals surface area contributed by atoms with Gasteiger partial charge in [-0.2, -0.15) is 0 Å². The Balaban J connectivity index is 1.62. The summed E-state index contributed by atoms with van der Waals surface area (Å²) in [5.41, 5.74) is 0.309. The Morgan fingerprint density at radius 1 is 1.19 bits per heavy atom. The van der Waals surface area contributed by atoms with Gasteiger partial charge in [0.2, 0.25) is 0 Å². The number of halogens is 1. The topological polar surface area (TPSA) is 83.1 Å². The summed E-state index contributed by atoms with van der Waals surface area (Å²) in [6.07, 6.45) is 0. The molecule has 0 bridgehead atoms. The first-order valence-electron chi connectivity index (χ1n) is 7.71. The van der Waals surface area contributed by atoms with Crippen LogP contribution in [0.25, 0.3) is 11.4 Å². The van der Waals surface area contributed by atoms with E-state index in [0.29, 0.717) is 22.3 Å². The highest BCUT2D eigenvalue weighted by molar-refractivity contribution is 7.99. The lowest BCUT2D eigenvalue weighted by molar-refractivity contribution is -0.385. The van der Waals surface area contributed by atoms with Crippen molar-refractivity contribution in [2.24, 2.45) is 7.05 Å². The number of hydrogen-bond donors (Lipinski definition) is 0. The van der Waals surface area contributed by atoms with Crippen LogP contribution >= 0.6 is 11.8 Å². The molecule has 134 valence electrons. The summed E-state index contributed by atoms with van der Waals surface area (Å²) < 4.78 is 21.1. The minimum absolute atomic E-state index is 0.0713.